The van der Waals surface area contributed by atoms with E-state index in [-0.39, 0.29) is 0 Å². The molecule has 2 rings (SSSR count). The summed E-state index contributed by atoms with van der Waals surface area (Å²) in [7, 11) is 0. The van der Waals surface area contributed by atoms with E-state index >= 15 is 0 Å². The van der Waals surface area contributed by atoms with Crippen molar-refractivity contribution in [1.82, 2.24) is 0 Å². The molecular formula is C14H11ClO. The summed E-state index contributed by atoms with van der Waals surface area (Å²) in [6.45, 7) is 1.99. The van der Waals surface area contributed by atoms with Crippen molar-refractivity contribution < 1.29 is 4.79 Å². The van der Waals surface area contributed by atoms with E-state index < -0.39 is 0 Å². The molecule has 2 heteroatoms. The Kier molecular flexibility index (Phi) is 3.07. The SMILES string of the molecule is Cc1ccc(-c2ccccc2C=O)c(Cl)c1. The van der Waals surface area contributed by atoms with Crippen LogP contribution in [-0.2, 0) is 0 Å². The number of rotatable bonds is 2. The maximum absolute atomic E-state index is 10.9. The Bertz CT molecular complexity index is 532. The van der Waals surface area contributed by atoms with Gasteiger partial charge in [0, 0.05) is 16.1 Å². The van der Waals surface area contributed by atoms with Crippen LogP contribution in [0, 0.1) is 6.92 Å². The predicted molar refractivity (Wildman–Crippen MR) is 67.0 cm³/mol. The Balaban J connectivity index is 2.62. The monoisotopic (exact) mass is 230 g/mol. The molecule has 16 heavy (non-hydrogen) atoms. The second-order valence-corrected chi connectivity index (χ2v) is 4.10. The third kappa shape index (κ3) is 2.00. The molecule has 0 amide bonds. The van der Waals surface area contributed by atoms with Gasteiger partial charge in [0.05, 0.1) is 0 Å². The molecule has 0 radical (unpaired) electrons. The molecule has 0 aromatic heterocycles. The summed E-state index contributed by atoms with van der Waals surface area (Å²) in [5, 5.41) is 0.675. The fourth-order valence-corrected chi connectivity index (χ4v) is 2.02. The van der Waals surface area contributed by atoms with Crippen LogP contribution in [0.15, 0.2) is 42.5 Å². The first kappa shape index (κ1) is 10.9. The van der Waals surface area contributed by atoms with Crippen molar-refractivity contribution >= 4 is 17.9 Å². The molecule has 0 saturated carbocycles. The van der Waals surface area contributed by atoms with E-state index in [0.29, 0.717) is 10.6 Å². The topological polar surface area (TPSA) is 17.1 Å². The van der Waals surface area contributed by atoms with Crippen LogP contribution in [0.3, 0.4) is 0 Å². The Morgan fingerprint density at radius 1 is 1.06 bits per heavy atom. The number of hydrogen-bond acceptors (Lipinski definition) is 1. The molecule has 0 aliphatic heterocycles. The molecule has 0 unspecified atom stereocenters. The average Bonchev–Trinajstić information content (AvgIpc) is 2.29. The molecule has 2 aromatic rings. The normalized spacial score (nSPS) is 10.1. The van der Waals surface area contributed by atoms with Gasteiger partial charge in [-0.2, -0.15) is 0 Å². The quantitative estimate of drug-likeness (QED) is 0.709. The Labute approximate surface area is 99.7 Å². The lowest BCUT2D eigenvalue weighted by molar-refractivity contribution is 0.112. The molecule has 0 N–H and O–H groups in total. The van der Waals surface area contributed by atoms with Gasteiger partial charge in [-0.15, -0.1) is 0 Å². The average molecular weight is 231 g/mol. The summed E-state index contributed by atoms with van der Waals surface area (Å²) in [6.07, 6.45) is 0.853. The van der Waals surface area contributed by atoms with Gasteiger partial charge in [0.25, 0.3) is 0 Å². The van der Waals surface area contributed by atoms with Crippen molar-refractivity contribution in [3.8, 4) is 11.1 Å². The predicted octanol–water partition coefficient (Wildman–Crippen LogP) is 4.13. The highest BCUT2D eigenvalue weighted by atomic mass is 35.5. The molecule has 0 aliphatic carbocycles. The lowest BCUT2D eigenvalue weighted by Gasteiger charge is -2.07. The highest BCUT2D eigenvalue weighted by molar-refractivity contribution is 6.33. The fourth-order valence-electron chi connectivity index (χ4n) is 1.68. The zero-order valence-electron chi connectivity index (χ0n) is 8.91. The molecule has 0 bridgehead atoms. The minimum Gasteiger partial charge on any atom is -0.298 e. The number of halogens is 1. The van der Waals surface area contributed by atoms with Crippen LogP contribution in [0.1, 0.15) is 15.9 Å². The molecular weight excluding hydrogens is 220 g/mol. The first-order chi connectivity index (χ1) is 7.72. The lowest BCUT2D eigenvalue weighted by Crippen LogP contribution is -1.88. The molecule has 0 spiro atoms. The van der Waals surface area contributed by atoms with Gasteiger partial charge in [0.1, 0.15) is 0 Å². The summed E-state index contributed by atoms with van der Waals surface area (Å²) in [4.78, 5) is 10.9. The van der Waals surface area contributed by atoms with Crippen LogP contribution in [0.4, 0.5) is 0 Å². The van der Waals surface area contributed by atoms with Crippen LogP contribution in [0.5, 0.6) is 0 Å². The summed E-state index contributed by atoms with van der Waals surface area (Å²) in [5.74, 6) is 0. The van der Waals surface area contributed by atoms with Crippen LogP contribution in [-0.4, -0.2) is 6.29 Å². The molecule has 0 atom stereocenters. The van der Waals surface area contributed by atoms with Crippen LogP contribution >= 0.6 is 11.6 Å². The highest BCUT2D eigenvalue weighted by Gasteiger charge is 2.07. The second kappa shape index (κ2) is 4.50. The number of aldehydes is 1. The van der Waals surface area contributed by atoms with E-state index in [2.05, 4.69) is 0 Å². The number of carbonyl (C=O) groups is 1. The van der Waals surface area contributed by atoms with Crippen LogP contribution < -0.4 is 0 Å². The van der Waals surface area contributed by atoms with Gasteiger partial charge in [0.15, 0.2) is 6.29 Å². The van der Waals surface area contributed by atoms with Gasteiger partial charge in [-0.05, 0) is 24.1 Å². The van der Waals surface area contributed by atoms with Crippen molar-refractivity contribution in [3.05, 3.63) is 58.6 Å². The zero-order valence-corrected chi connectivity index (χ0v) is 9.66. The maximum Gasteiger partial charge on any atom is 0.150 e. The minimum atomic E-state index is 0.660. The summed E-state index contributed by atoms with van der Waals surface area (Å²) >= 11 is 6.18. The number of carbonyl (C=O) groups excluding carboxylic acids is 1. The lowest BCUT2D eigenvalue weighted by atomic mass is 9.99. The molecule has 80 valence electrons. The summed E-state index contributed by atoms with van der Waals surface area (Å²) in [5.41, 5.74) is 3.54. The minimum absolute atomic E-state index is 0.660. The summed E-state index contributed by atoms with van der Waals surface area (Å²) < 4.78 is 0. The van der Waals surface area contributed by atoms with Gasteiger partial charge < -0.3 is 0 Å². The van der Waals surface area contributed by atoms with Crippen molar-refractivity contribution in [3.63, 3.8) is 0 Å². The van der Waals surface area contributed by atoms with E-state index in [1.165, 1.54) is 0 Å². The first-order valence-electron chi connectivity index (χ1n) is 5.03. The van der Waals surface area contributed by atoms with Gasteiger partial charge in [0.2, 0.25) is 0 Å². The third-order valence-corrected chi connectivity index (χ3v) is 2.82. The molecule has 0 heterocycles. The molecule has 1 nitrogen and oxygen atoms in total. The molecule has 0 saturated heterocycles. The summed E-state index contributed by atoms with van der Waals surface area (Å²) in [6, 6.07) is 13.3. The smallest absolute Gasteiger partial charge is 0.150 e. The van der Waals surface area contributed by atoms with E-state index in [1.54, 1.807) is 6.07 Å². The third-order valence-electron chi connectivity index (χ3n) is 2.50. The Morgan fingerprint density at radius 2 is 1.81 bits per heavy atom. The van der Waals surface area contributed by atoms with Crippen LogP contribution in [0.25, 0.3) is 11.1 Å². The van der Waals surface area contributed by atoms with E-state index in [9.17, 15) is 4.79 Å². The first-order valence-corrected chi connectivity index (χ1v) is 5.41. The zero-order chi connectivity index (χ0) is 11.5. The maximum atomic E-state index is 10.9. The van der Waals surface area contributed by atoms with Crippen molar-refractivity contribution in [2.45, 2.75) is 6.92 Å². The number of benzene rings is 2. The Morgan fingerprint density at radius 3 is 2.50 bits per heavy atom. The van der Waals surface area contributed by atoms with Gasteiger partial charge in [-0.3, -0.25) is 4.79 Å². The van der Waals surface area contributed by atoms with E-state index in [4.69, 9.17) is 11.6 Å². The largest absolute Gasteiger partial charge is 0.298 e. The van der Waals surface area contributed by atoms with Crippen LogP contribution in [0.2, 0.25) is 5.02 Å². The Hall–Kier alpha value is -1.60. The number of aryl methyl sites for hydroxylation is 1. The second-order valence-electron chi connectivity index (χ2n) is 3.69. The van der Waals surface area contributed by atoms with Crippen molar-refractivity contribution in [2.75, 3.05) is 0 Å². The van der Waals surface area contributed by atoms with Crippen molar-refractivity contribution in [2.24, 2.45) is 0 Å². The standard InChI is InChI=1S/C14H11ClO/c1-10-6-7-13(14(15)8-10)12-5-3-2-4-11(12)9-16/h2-9H,1H3. The number of hydrogen-bond donors (Lipinski definition) is 0. The van der Waals surface area contributed by atoms with Gasteiger partial charge in [-0.1, -0.05) is 48.0 Å². The van der Waals surface area contributed by atoms with E-state index in [1.807, 2.05) is 43.3 Å². The molecule has 2 aromatic carbocycles. The van der Waals surface area contributed by atoms with Gasteiger partial charge >= 0.3 is 0 Å². The van der Waals surface area contributed by atoms with Gasteiger partial charge in [-0.25, -0.2) is 0 Å². The fraction of sp³-hybridized carbons (Fsp3) is 0.0714. The van der Waals surface area contributed by atoms with E-state index in [0.717, 1.165) is 23.0 Å². The highest BCUT2D eigenvalue weighted by Crippen LogP contribution is 2.30. The van der Waals surface area contributed by atoms with Crippen molar-refractivity contribution in [1.29, 1.82) is 0 Å². The molecule has 0 fully saturated rings. The molecule has 0 aliphatic rings.